The molecule has 1 N–H and O–H groups in total. The lowest BCUT2D eigenvalue weighted by Crippen LogP contribution is -2.33. The predicted molar refractivity (Wildman–Crippen MR) is 72.7 cm³/mol. The average molecular weight is 320 g/mol. The summed E-state index contributed by atoms with van der Waals surface area (Å²) in [4.78, 5) is 15.5. The van der Waals surface area contributed by atoms with Gasteiger partial charge < -0.3 is 24.1 Å². The highest BCUT2D eigenvalue weighted by Crippen LogP contribution is 2.73. The predicted octanol–water partition coefficient (Wildman–Crippen LogP) is -0.298. The van der Waals surface area contributed by atoms with Gasteiger partial charge in [0.25, 0.3) is 5.56 Å². The van der Waals surface area contributed by atoms with E-state index in [9.17, 15) is 9.90 Å². The van der Waals surface area contributed by atoms with Gasteiger partial charge >= 0.3 is 6.01 Å². The van der Waals surface area contributed by atoms with E-state index in [1.807, 2.05) is 0 Å². The van der Waals surface area contributed by atoms with Crippen molar-refractivity contribution in [2.75, 3.05) is 6.61 Å². The van der Waals surface area contributed by atoms with Crippen molar-refractivity contribution >= 4 is 0 Å². The van der Waals surface area contributed by atoms with Crippen LogP contribution in [-0.4, -0.2) is 50.5 Å². The summed E-state index contributed by atoms with van der Waals surface area (Å²) in [5.41, 5.74) is -2.12. The lowest BCUT2D eigenvalue weighted by Gasteiger charge is -2.26. The van der Waals surface area contributed by atoms with E-state index in [1.54, 1.807) is 10.8 Å². The second-order valence-electron chi connectivity index (χ2n) is 7.06. The van der Waals surface area contributed by atoms with Gasteiger partial charge in [-0.2, -0.15) is 4.98 Å². The van der Waals surface area contributed by atoms with Crippen LogP contribution in [0, 0.1) is 0 Å². The maximum atomic E-state index is 11.5. The lowest BCUT2D eigenvalue weighted by atomic mass is 10.1. The highest BCUT2D eigenvalue weighted by atomic mass is 16.8. The maximum absolute atomic E-state index is 11.5. The van der Waals surface area contributed by atoms with Crippen LogP contribution in [0.3, 0.4) is 0 Å². The van der Waals surface area contributed by atoms with E-state index in [1.165, 1.54) is 6.07 Å². The molecule has 2 saturated heterocycles. The molecule has 1 aromatic rings. The van der Waals surface area contributed by atoms with Crippen molar-refractivity contribution in [3.05, 3.63) is 22.6 Å². The van der Waals surface area contributed by atoms with E-state index in [2.05, 4.69) is 4.98 Å². The first-order valence-corrected chi connectivity index (χ1v) is 8.07. The second kappa shape index (κ2) is 3.61. The zero-order valence-corrected chi connectivity index (χ0v) is 12.3. The van der Waals surface area contributed by atoms with E-state index in [-0.39, 0.29) is 24.3 Å². The summed E-state index contributed by atoms with van der Waals surface area (Å²) in [6.07, 6.45) is 4.04. The Bertz CT molecular complexity index is 773. The molecule has 2 aliphatic carbocycles. The number of ether oxygens (including phenoxy) is 4. The SMILES string of the molecule is O=c1ccn2c(n1)OC1[C@@]3(CO)O[C@@H]2[C@@H]2OC4(CCCC4)O[C@@]123. The highest BCUT2D eigenvalue weighted by Gasteiger charge is 2.96. The van der Waals surface area contributed by atoms with Gasteiger partial charge in [0, 0.05) is 25.1 Å². The number of aromatic nitrogens is 2. The van der Waals surface area contributed by atoms with Gasteiger partial charge in [-0.15, -0.1) is 0 Å². The standard InChI is InChI=1S/C15H16N2O6/c18-7-14-11-15(14)9(21-13(23-15)4-1-2-5-13)10(22-14)17-6-3-8(19)16-12(17)20-11/h3,6,9-11,18H,1-2,4-5,7H2/t9-,10+,11?,14+,15+/m0/s1. The van der Waals surface area contributed by atoms with Crippen molar-refractivity contribution in [2.24, 2.45) is 0 Å². The first kappa shape index (κ1) is 12.9. The van der Waals surface area contributed by atoms with Gasteiger partial charge in [-0.05, 0) is 12.8 Å². The van der Waals surface area contributed by atoms with Crippen molar-refractivity contribution in [2.45, 2.75) is 61.1 Å². The van der Waals surface area contributed by atoms with Crippen molar-refractivity contribution < 1.29 is 24.1 Å². The number of hydrogen-bond acceptors (Lipinski definition) is 7. The summed E-state index contributed by atoms with van der Waals surface area (Å²) in [6, 6.07) is 1.56. The second-order valence-corrected chi connectivity index (χ2v) is 7.06. The third-order valence-electron chi connectivity index (χ3n) is 6.00. The first-order chi connectivity index (χ1) is 11.1. The molecule has 8 nitrogen and oxygen atoms in total. The smallest absolute Gasteiger partial charge is 0.302 e. The van der Waals surface area contributed by atoms with Crippen LogP contribution in [0.15, 0.2) is 17.1 Å². The van der Waals surface area contributed by atoms with E-state index in [0.717, 1.165) is 25.7 Å². The van der Waals surface area contributed by atoms with Gasteiger partial charge in [0.1, 0.15) is 6.10 Å². The molecule has 0 radical (unpaired) electrons. The van der Waals surface area contributed by atoms with Crippen molar-refractivity contribution in [3.8, 4) is 6.01 Å². The summed E-state index contributed by atoms with van der Waals surface area (Å²) >= 11 is 0. The quantitative estimate of drug-likeness (QED) is 0.759. The van der Waals surface area contributed by atoms with Crippen molar-refractivity contribution in [1.29, 1.82) is 0 Å². The lowest BCUT2D eigenvalue weighted by molar-refractivity contribution is -0.216. The fourth-order valence-electron chi connectivity index (χ4n) is 4.95. The molecule has 7 rings (SSSR count). The molecule has 1 unspecified atom stereocenters. The minimum Gasteiger partial charge on any atom is -0.455 e. The van der Waals surface area contributed by atoms with Gasteiger partial charge in [0.15, 0.2) is 29.3 Å². The summed E-state index contributed by atoms with van der Waals surface area (Å²) in [5.74, 6) is -0.588. The molecule has 8 heteroatoms. The third kappa shape index (κ3) is 1.20. The van der Waals surface area contributed by atoms with Crippen molar-refractivity contribution in [3.63, 3.8) is 0 Å². The normalized spacial score (nSPS) is 47.1. The Kier molecular flexibility index (Phi) is 2.02. The van der Waals surface area contributed by atoms with Gasteiger partial charge in [0.2, 0.25) is 0 Å². The summed E-state index contributed by atoms with van der Waals surface area (Å²) in [6.45, 7) is -0.219. The molecule has 1 aromatic heterocycles. The minimum absolute atomic E-state index is 0.196. The Morgan fingerprint density at radius 3 is 2.96 bits per heavy atom. The molecule has 0 amide bonds. The molecule has 5 atom stereocenters. The fraction of sp³-hybridized carbons (Fsp3) is 0.733. The third-order valence-corrected chi connectivity index (χ3v) is 6.00. The maximum Gasteiger partial charge on any atom is 0.302 e. The highest BCUT2D eigenvalue weighted by molar-refractivity contribution is 5.42. The van der Waals surface area contributed by atoms with Crippen molar-refractivity contribution in [1.82, 2.24) is 9.55 Å². The number of hydrogen-bond donors (Lipinski definition) is 1. The molecule has 5 heterocycles. The molecule has 4 fully saturated rings. The molecule has 2 saturated carbocycles. The van der Waals surface area contributed by atoms with Crippen LogP contribution >= 0.6 is 0 Å². The zero-order valence-electron chi connectivity index (χ0n) is 12.3. The Morgan fingerprint density at radius 1 is 1.35 bits per heavy atom. The molecule has 122 valence electrons. The van der Waals surface area contributed by atoms with Gasteiger partial charge in [-0.3, -0.25) is 9.36 Å². The number of rotatable bonds is 1. The van der Waals surface area contributed by atoms with Crippen LogP contribution in [0.4, 0.5) is 0 Å². The first-order valence-electron chi connectivity index (χ1n) is 8.07. The van der Waals surface area contributed by atoms with Crippen LogP contribution in [0.2, 0.25) is 0 Å². The van der Waals surface area contributed by atoms with Gasteiger partial charge in [0.05, 0.1) is 6.61 Å². The van der Waals surface area contributed by atoms with Crippen LogP contribution < -0.4 is 10.3 Å². The minimum atomic E-state index is -0.939. The van der Waals surface area contributed by atoms with E-state index in [0.29, 0.717) is 0 Å². The Balaban J connectivity index is 1.53. The van der Waals surface area contributed by atoms with Crippen LogP contribution in [-0.2, 0) is 14.2 Å². The molecular formula is C15H16N2O6. The fourth-order valence-corrected chi connectivity index (χ4v) is 4.95. The molecular weight excluding hydrogens is 304 g/mol. The monoisotopic (exact) mass is 320 g/mol. The zero-order chi connectivity index (χ0) is 15.4. The molecule has 23 heavy (non-hydrogen) atoms. The Labute approximate surface area is 130 Å². The largest absolute Gasteiger partial charge is 0.455 e. The average Bonchev–Trinajstić information content (AvgIpc) is 2.90. The number of aliphatic hydroxyl groups is 1. The molecule has 4 bridgehead atoms. The van der Waals surface area contributed by atoms with E-state index < -0.39 is 29.3 Å². The van der Waals surface area contributed by atoms with Gasteiger partial charge in [-0.25, -0.2) is 0 Å². The summed E-state index contributed by atoms with van der Waals surface area (Å²) in [5, 5.41) is 9.99. The van der Waals surface area contributed by atoms with Crippen LogP contribution in [0.25, 0.3) is 0 Å². The molecule has 6 aliphatic rings. The molecule has 2 spiro atoms. The molecule has 4 aliphatic heterocycles. The Morgan fingerprint density at radius 2 is 2.17 bits per heavy atom. The molecule has 0 aromatic carbocycles. The van der Waals surface area contributed by atoms with Gasteiger partial charge in [-0.1, -0.05) is 0 Å². The number of nitrogens with zero attached hydrogens (tertiary/aromatic N) is 2. The Hall–Kier alpha value is -1.48. The summed E-state index contributed by atoms with van der Waals surface area (Å²) in [7, 11) is 0. The van der Waals surface area contributed by atoms with E-state index >= 15 is 0 Å². The van der Waals surface area contributed by atoms with E-state index in [4.69, 9.17) is 18.9 Å². The van der Waals surface area contributed by atoms with Crippen LogP contribution in [0.5, 0.6) is 6.01 Å². The topological polar surface area (TPSA) is 92.0 Å². The number of aliphatic hydroxyl groups excluding tert-OH is 1. The van der Waals surface area contributed by atoms with Crippen LogP contribution in [0.1, 0.15) is 31.9 Å². The summed E-state index contributed by atoms with van der Waals surface area (Å²) < 4.78 is 26.5.